The standard InChI is InChI=1S/C11H21NO3S/c1-4-11(3)6-7-12(9-11)10(13)8-16(14,15)5-2/h4-9H2,1-3H3/t11-/m0/s1. The summed E-state index contributed by atoms with van der Waals surface area (Å²) in [5.41, 5.74) is 0.172. The molecular weight excluding hydrogens is 226 g/mol. The average molecular weight is 247 g/mol. The number of amides is 1. The molecule has 1 heterocycles. The maximum atomic E-state index is 11.8. The first-order valence-corrected chi connectivity index (χ1v) is 7.62. The Kier molecular flexibility index (Phi) is 3.99. The van der Waals surface area contributed by atoms with Gasteiger partial charge in [0.05, 0.1) is 0 Å². The van der Waals surface area contributed by atoms with Crippen molar-refractivity contribution in [3.63, 3.8) is 0 Å². The minimum Gasteiger partial charge on any atom is -0.341 e. The second kappa shape index (κ2) is 4.73. The van der Waals surface area contributed by atoms with Gasteiger partial charge in [-0.2, -0.15) is 0 Å². The Morgan fingerprint density at radius 3 is 2.44 bits per heavy atom. The molecule has 4 nitrogen and oxygen atoms in total. The maximum absolute atomic E-state index is 11.8. The number of likely N-dealkylation sites (tertiary alicyclic amines) is 1. The Morgan fingerprint density at radius 2 is 2.00 bits per heavy atom. The molecule has 0 aliphatic carbocycles. The molecule has 0 spiro atoms. The molecule has 1 atom stereocenters. The highest BCUT2D eigenvalue weighted by atomic mass is 32.2. The predicted octanol–water partition coefficient (Wildman–Crippen LogP) is 1.07. The lowest BCUT2D eigenvalue weighted by atomic mass is 9.87. The van der Waals surface area contributed by atoms with Crippen molar-refractivity contribution in [1.82, 2.24) is 4.90 Å². The van der Waals surface area contributed by atoms with E-state index in [0.717, 1.165) is 12.8 Å². The summed E-state index contributed by atoms with van der Waals surface area (Å²) in [7, 11) is -3.19. The van der Waals surface area contributed by atoms with Crippen LogP contribution in [0.3, 0.4) is 0 Å². The molecule has 1 saturated heterocycles. The van der Waals surface area contributed by atoms with E-state index >= 15 is 0 Å². The van der Waals surface area contributed by atoms with Crippen LogP contribution in [-0.2, 0) is 14.6 Å². The van der Waals surface area contributed by atoms with Crippen LogP contribution in [0, 0.1) is 5.41 Å². The normalized spacial score (nSPS) is 26.1. The molecule has 16 heavy (non-hydrogen) atoms. The van der Waals surface area contributed by atoms with Gasteiger partial charge in [-0.1, -0.05) is 20.8 Å². The van der Waals surface area contributed by atoms with Gasteiger partial charge in [-0.25, -0.2) is 8.42 Å². The minimum absolute atomic E-state index is 0.0393. The summed E-state index contributed by atoms with van der Waals surface area (Å²) < 4.78 is 22.7. The molecule has 1 amide bonds. The summed E-state index contributed by atoms with van der Waals surface area (Å²) in [5, 5.41) is 0. The SMILES string of the molecule is CC[C@@]1(C)CCN(C(=O)CS(=O)(=O)CC)C1. The monoisotopic (exact) mass is 247 g/mol. The number of sulfone groups is 1. The second-order valence-corrected chi connectivity index (χ2v) is 7.26. The highest BCUT2D eigenvalue weighted by Gasteiger charge is 2.35. The van der Waals surface area contributed by atoms with Crippen molar-refractivity contribution in [2.45, 2.75) is 33.6 Å². The first-order chi connectivity index (χ1) is 7.32. The van der Waals surface area contributed by atoms with Gasteiger partial charge in [-0.3, -0.25) is 4.79 Å². The summed E-state index contributed by atoms with van der Waals surface area (Å²) in [6.45, 7) is 7.22. The van der Waals surface area contributed by atoms with Crippen molar-refractivity contribution in [2.75, 3.05) is 24.6 Å². The van der Waals surface area contributed by atoms with Gasteiger partial charge in [0.2, 0.25) is 5.91 Å². The number of carbonyl (C=O) groups is 1. The smallest absolute Gasteiger partial charge is 0.237 e. The van der Waals surface area contributed by atoms with E-state index in [9.17, 15) is 13.2 Å². The fourth-order valence-electron chi connectivity index (χ4n) is 1.91. The third-order valence-corrected chi connectivity index (χ3v) is 5.11. The van der Waals surface area contributed by atoms with Gasteiger partial charge >= 0.3 is 0 Å². The van der Waals surface area contributed by atoms with Gasteiger partial charge in [0.25, 0.3) is 0 Å². The molecule has 94 valence electrons. The number of hydrogen-bond donors (Lipinski definition) is 0. The zero-order chi connectivity index (χ0) is 12.4. The Labute approximate surface area is 97.9 Å². The largest absolute Gasteiger partial charge is 0.341 e. The minimum atomic E-state index is -3.19. The molecular formula is C11H21NO3S. The van der Waals surface area contributed by atoms with Crippen LogP contribution in [-0.4, -0.2) is 43.8 Å². The number of carbonyl (C=O) groups excluding carboxylic acids is 1. The van der Waals surface area contributed by atoms with E-state index in [4.69, 9.17) is 0 Å². The second-order valence-electron chi connectivity index (χ2n) is 4.91. The Hall–Kier alpha value is -0.580. The van der Waals surface area contributed by atoms with Crippen LogP contribution in [0.5, 0.6) is 0 Å². The van der Waals surface area contributed by atoms with Crippen molar-refractivity contribution in [2.24, 2.45) is 5.41 Å². The van der Waals surface area contributed by atoms with Gasteiger partial charge in [-0.15, -0.1) is 0 Å². The quantitative estimate of drug-likeness (QED) is 0.746. The van der Waals surface area contributed by atoms with Crippen LogP contribution in [0.25, 0.3) is 0 Å². The topological polar surface area (TPSA) is 54.5 Å². The molecule has 1 fully saturated rings. The lowest BCUT2D eigenvalue weighted by molar-refractivity contribution is -0.127. The molecule has 0 unspecified atom stereocenters. The zero-order valence-electron chi connectivity index (χ0n) is 10.3. The van der Waals surface area contributed by atoms with Gasteiger partial charge in [-0.05, 0) is 18.3 Å². The van der Waals surface area contributed by atoms with E-state index in [-0.39, 0.29) is 22.8 Å². The van der Waals surface area contributed by atoms with Gasteiger partial charge in [0, 0.05) is 18.8 Å². The van der Waals surface area contributed by atoms with Crippen molar-refractivity contribution >= 4 is 15.7 Å². The Balaban J connectivity index is 2.59. The lowest BCUT2D eigenvalue weighted by Crippen LogP contribution is -2.35. The Morgan fingerprint density at radius 1 is 1.38 bits per heavy atom. The highest BCUT2D eigenvalue weighted by molar-refractivity contribution is 7.92. The molecule has 1 aliphatic rings. The van der Waals surface area contributed by atoms with Gasteiger partial charge in [0.1, 0.15) is 5.75 Å². The first-order valence-electron chi connectivity index (χ1n) is 5.80. The van der Waals surface area contributed by atoms with Gasteiger partial charge < -0.3 is 4.90 Å². The first kappa shape index (κ1) is 13.5. The molecule has 0 radical (unpaired) electrons. The molecule has 0 aromatic heterocycles. The molecule has 0 aromatic rings. The van der Waals surface area contributed by atoms with E-state index in [1.807, 2.05) is 0 Å². The number of hydrogen-bond acceptors (Lipinski definition) is 3. The van der Waals surface area contributed by atoms with E-state index in [1.54, 1.807) is 11.8 Å². The molecule has 0 saturated carbocycles. The summed E-state index contributed by atoms with van der Waals surface area (Å²) >= 11 is 0. The highest BCUT2D eigenvalue weighted by Crippen LogP contribution is 2.32. The number of rotatable bonds is 4. The molecule has 1 rings (SSSR count). The van der Waals surface area contributed by atoms with Crippen LogP contribution in [0.15, 0.2) is 0 Å². The Bertz CT molecular complexity index is 363. The summed E-state index contributed by atoms with van der Waals surface area (Å²) in [5.74, 6) is -0.528. The number of nitrogens with zero attached hydrogens (tertiary/aromatic N) is 1. The van der Waals surface area contributed by atoms with E-state index in [0.29, 0.717) is 13.1 Å². The summed E-state index contributed by atoms with van der Waals surface area (Å²) in [6, 6.07) is 0. The van der Waals surface area contributed by atoms with Crippen LogP contribution >= 0.6 is 0 Å². The predicted molar refractivity (Wildman–Crippen MR) is 63.9 cm³/mol. The van der Waals surface area contributed by atoms with Crippen molar-refractivity contribution in [1.29, 1.82) is 0 Å². The van der Waals surface area contributed by atoms with Crippen molar-refractivity contribution in [3.05, 3.63) is 0 Å². The van der Waals surface area contributed by atoms with E-state index < -0.39 is 9.84 Å². The lowest BCUT2D eigenvalue weighted by Gasteiger charge is -2.22. The molecule has 0 bridgehead atoms. The van der Waals surface area contributed by atoms with Crippen LogP contribution in [0.2, 0.25) is 0 Å². The van der Waals surface area contributed by atoms with Crippen molar-refractivity contribution in [3.8, 4) is 0 Å². The zero-order valence-corrected chi connectivity index (χ0v) is 11.1. The fraction of sp³-hybridized carbons (Fsp3) is 0.909. The summed E-state index contributed by atoms with van der Waals surface area (Å²) in [4.78, 5) is 13.5. The molecule has 0 aromatic carbocycles. The van der Waals surface area contributed by atoms with E-state index in [2.05, 4.69) is 13.8 Å². The average Bonchev–Trinajstić information content (AvgIpc) is 2.62. The third kappa shape index (κ3) is 3.20. The van der Waals surface area contributed by atoms with Crippen LogP contribution in [0.1, 0.15) is 33.6 Å². The molecule has 0 N–H and O–H groups in total. The maximum Gasteiger partial charge on any atom is 0.237 e. The molecule has 5 heteroatoms. The third-order valence-electron chi connectivity index (χ3n) is 3.55. The molecule has 1 aliphatic heterocycles. The van der Waals surface area contributed by atoms with Gasteiger partial charge in [0.15, 0.2) is 9.84 Å². The van der Waals surface area contributed by atoms with Crippen LogP contribution in [0.4, 0.5) is 0 Å². The summed E-state index contributed by atoms with van der Waals surface area (Å²) in [6.07, 6.45) is 2.00. The van der Waals surface area contributed by atoms with E-state index in [1.165, 1.54) is 0 Å². The van der Waals surface area contributed by atoms with Crippen molar-refractivity contribution < 1.29 is 13.2 Å². The van der Waals surface area contributed by atoms with Crippen LogP contribution < -0.4 is 0 Å². The fourth-order valence-corrected chi connectivity index (χ4v) is 2.67.